The number of carbonyl (C=O) groups excluding carboxylic acids is 1. The van der Waals surface area contributed by atoms with E-state index in [1.807, 2.05) is 6.07 Å². The van der Waals surface area contributed by atoms with Gasteiger partial charge in [0.1, 0.15) is 11.6 Å². The van der Waals surface area contributed by atoms with E-state index in [4.69, 9.17) is 4.74 Å². The molecule has 29 heavy (non-hydrogen) atoms. The highest BCUT2D eigenvalue weighted by molar-refractivity contribution is 6.03. The summed E-state index contributed by atoms with van der Waals surface area (Å²) in [7, 11) is 0. The molecule has 0 aromatic heterocycles. The molecule has 3 aliphatic rings. The molecule has 1 saturated heterocycles. The van der Waals surface area contributed by atoms with E-state index in [2.05, 4.69) is 27.2 Å². The van der Waals surface area contributed by atoms with Crippen LogP contribution in [0.15, 0.2) is 36.4 Å². The molecule has 0 saturated carbocycles. The van der Waals surface area contributed by atoms with Crippen LogP contribution in [-0.2, 0) is 4.79 Å². The summed E-state index contributed by atoms with van der Waals surface area (Å²) in [5.41, 5.74) is 4.18. The summed E-state index contributed by atoms with van der Waals surface area (Å²) in [6, 6.07) is 11.6. The molecular formula is C23H26FN3O2. The average molecular weight is 395 g/mol. The number of likely N-dealkylation sites (tertiary alicyclic amines) is 1. The first-order valence-electron chi connectivity index (χ1n) is 10.4. The van der Waals surface area contributed by atoms with Crippen LogP contribution in [0.3, 0.4) is 0 Å². The Morgan fingerprint density at radius 2 is 2.17 bits per heavy atom. The Labute approximate surface area is 170 Å². The lowest BCUT2D eigenvalue weighted by atomic mass is 9.89. The molecule has 2 aromatic rings. The average Bonchev–Trinajstić information content (AvgIpc) is 3.02. The molecule has 1 N–H and O–H groups in total. The predicted octanol–water partition coefficient (Wildman–Crippen LogP) is 3.53. The van der Waals surface area contributed by atoms with Gasteiger partial charge in [-0.05, 0) is 55.2 Å². The van der Waals surface area contributed by atoms with Gasteiger partial charge in [0.05, 0.1) is 24.5 Å². The van der Waals surface area contributed by atoms with Crippen molar-refractivity contribution in [1.82, 2.24) is 4.90 Å². The molecule has 3 aliphatic heterocycles. The van der Waals surface area contributed by atoms with Crippen molar-refractivity contribution in [3.63, 3.8) is 0 Å². The maximum atomic E-state index is 13.4. The lowest BCUT2D eigenvalue weighted by Crippen LogP contribution is -2.49. The Morgan fingerprint density at radius 1 is 1.28 bits per heavy atom. The smallest absolute Gasteiger partial charge is 0.243 e. The zero-order valence-electron chi connectivity index (χ0n) is 16.7. The summed E-state index contributed by atoms with van der Waals surface area (Å²) in [6.07, 6.45) is 2.01. The molecule has 0 unspecified atom stereocenters. The van der Waals surface area contributed by atoms with E-state index in [-0.39, 0.29) is 11.7 Å². The number of nitrogens with one attached hydrogen (secondary N) is 1. The molecular weight excluding hydrogens is 369 g/mol. The summed E-state index contributed by atoms with van der Waals surface area (Å²) < 4.78 is 19.2. The summed E-state index contributed by atoms with van der Waals surface area (Å²) in [6.45, 7) is 5.88. The van der Waals surface area contributed by atoms with Gasteiger partial charge in [0.15, 0.2) is 0 Å². The van der Waals surface area contributed by atoms with Crippen molar-refractivity contribution >= 4 is 17.3 Å². The van der Waals surface area contributed by atoms with Gasteiger partial charge in [-0.25, -0.2) is 4.39 Å². The predicted molar refractivity (Wildman–Crippen MR) is 111 cm³/mol. The second kappa shape index (κ2) is 7.34. The highest BCUT2D eigenvalue weighted by Crippen LogP contribution is 2.49. The van der Waals surface area contributed by atoms with Crippen molar-refractivity contribution in [2.45, 2.75) is 31.7 Å². The minimum Gasteiger partial charge on any atom is -0.494 e. The third-order valence-corrected chi connectivity index (χ3v) is 6.42. The molecule has 5 rings (SSSR count). The van der Waals surface area contributed by atoms with Crippen LogP contribution in [0, 0.1) is 12.7 Å². The highest BCUT2D eigenvalue weighted by atomic mass is 19.1. The fourth-order valence-electron chi connectivity index (χ4n) is 5.06. The third-order valence-electron chi connectivity index (χ3n) is 6.42. The maximum absolute atomic E-state index is 13.4. The highest BCUT2D eigenvalue weighted by Gasteiger charge is 2.44. The van der Waals surface area contributed by atoms with Crippen LogP contribution in [0.25, 0.3) is 0 Å². The maximum Gasteiger partial charge on any atom is 0.243 e. The molecule has 0 aliphatic carbocycles. The largest absolute Gasteiger partial charge is 0.494 e. The number of hydrogen-bond acceptors (Lipinski definition) is 4. The number of amides is 1. The van der Waals surface area contributed by atoms with Crippen LogP contribution < -0.4 is 15.0 Å². The quantitative estimate of drug-likeness (QED) is 0.787. The number of piperidine rings is 1. The second-order valence-electron chi connectivity index (χ2n) is 8.30. The summed E-state index contributed by atoms with van der Waals surface area (Å²) in [5, 5.41) is 3.02. The zero-order valence-corrected chi connectivity index (χ0v) is 16.7. The monoisotopic (exact) mass is 395 g/mol. The number of para-hydroxylation sites is 1. The van der Waals surface area contributed by atoms with E-state index in [1.165, 1.54) is 17.3 Å². The molecule has 1 amide bonds. The van der Waals surface area contributed by atoms with Gasteiger partial charge >= 0.3 is 0 Å². The first-order valence-corrected chi connectivity index (χ1v) is 10.4. The van der Waals surface area contributed by atoms with Crippen molar-refractivity contribution in [2.75, 3.05) is 43.0 Å². The molecule has 5 nitrogen and oxygen atoms in total. The van der Waals surface area contributed by atoms with Gasteiger partial charge < -0.3 is 19.9 Å². The number of aryl methyl sites for hydroxylation is 1. The van der Waals surface area contributed by atoms with E-state index in [9.17, 15) is 9.18 Å². The SMILES string of the molecule is Cc1cc(OCCCN2CC[C@H]3[C@@H](C2)c2cccc4c2N3CC(=O)N4)ccc1F. The Bertz CT molecular complexity index is 948. The fourth-order valence-corrected chi connectivity index (χ4v) is 5.06. The van der Waals surface area contributed by atoms with Crippen molar-refractivity contribution in [2.24, 2.45) is 0 Å². The van der Waals surface area contributed by atoms with E-state index in [0.29, 0.717) is 30.7 Å². The van der Waals surface area contributed by atoms with E-state index < -0.39 is 0 Å². The molecule has 6 heteroatoms. The van der Waals surface area contributed by atoms with Crippen molar-refractivity contribution in [3.8, 4) is 5.75 Å². The number of halogens is 1. The number of fused-ring (bicyclic) bond motifs is 3. The topological polar surface area (TPSA) is 44.8 Å². The summed E-state index contributed by atoms with van der Waals surface area (Å²) in [4.78, 5) is 16.9. The van der Waals surface area contributed by atoms with Gasteiger partial charge in [-0.3, -0.25) is 4.79 Å². The molecule has 1 fully saturated rings. The number of nitrogens with zero attached hydrogens (tertiary/aromatic N) is 2. The van der Waals surface area contributed by atoms with Gasteiger partial charge in [0.2, 0.25) is 5.91 Å². The molecule has 2 atom stereocenters. The fraction of sp³-hybridized carbons (Fsp3) is 0.435. The number of carbonyl (C=O) groups is 1. The standard InChI is InChI=1S/C23H26FN3O2/c1-15-12-16(6-7-19(15)24)29-11-3-9-26-10-8-21-18(13-26)17-4-2-5-20-23(17)27(21)14-22(28)25-20/h2,4-7,12,18,21H,3,8-11,13-14H2,1H3,(H,25,28)/t18-,21-/m0/s1. The van der Waals surface area contributed by atoms with Crippen LogP contribution in [-0.4, -0.2) is 49.6 Å². The van der Waals surface area contributed by atoms with Crippen LogP contribution in [0.4, 0.5) is 15.8 Å². The number of benzene rings is 2. The second-order valence-corrected chi connectivity index (χ2v) is 8.30. The van der Waals surface area contributed by atoms with E-state index in [0.717, 1.165) is 43.9 Å². The lowest BCUT2D eigenvalue weighted by molar-refractivity contribution is -0.115. The molecule has 152 valence electrons. The molecule has 0 radical (unpaired) electrons. The van der Waals surface area contributed by atoms with E-state index in [1.54, 1.807) is 19.1 Å². The number of hydrogen-bond donors (Lipinski definition) is 1. The van der Waals surface area contributed by atoms with E-state index >= 15 is 0 Å². The van der Waals surface area contributed by atoms with Crippen molar-refractivity contribution in [3.05, 3.63) is 53.3 Å². The van der Waals surface area contributed by atoms with Gasteiger partial charge in [-0.1, -0.05) is 12.1 Å². The molecule has 0 spiro atoms. The van der Waals surface area contributed by atoms with Crippen LogP contribution in [0.1, 0.15) is 29.9 Å². The minimum atomic E-state index is -0.199. The first kappa shape index (κ1) is 18.4. The zero-order chi connectivity index (χ0) is 20.0. The van der Waals surface area contributed by atoms with Crippen molar-refractivity contribution < 1.29 is 13.9 Å². The Hall–Kier alpha value is -2.60. The number of anilines is 2. The van der Waals surface area contributed by atoms with Gasteiger partial charge in [0, 0.05) is 31.6 Å². The minimum absolute atomic E-state index is 0.0888. The molecule has 2 aromatic carbocycles. The molecule has 3 heterocycles. The Morgan fingerprint density at radius 3 is 3.03 bits per heavy atom. The van der Waals surface area contributed by atoms with Crippen LogP contribution >= 0.6 is 0 Å². The number of ether oxygens (including phenoxy) is 1. The van der Waals surface area contributed by atoms with Gasteiger partial charge in [-0.2, -0.15) is 0 Å². The van der Waals surface area contributed by atoms with Crippen molar-refractivity contribution in [1.29, 1.82) is 0 Å². The van der Waals surface area contributed by atoms with Crippen LogP contribution in [0.2, 0.25) is 0 Å². The van der Waals surface area contributed by atoms with Gasteiger partial charge in [-0.15, -0.1) is 0 Å². The van der Waals surface area contributed by atoms with Gasteiger partial charge in [0.25, 0.3) is 0 Å². The third kappa shape index (κ3) is 3.35. The Kier molecular flexibility index (Phi) is 4.66. The Balaban J connectivity index is 1.19. The van der Waals surface area contributed by atoms with Crippen LogP contribution in [0.5, 0.6) is 5.75 Å². The summed E-state index contributed by atoms with van der Waals surface area (Å²) >= 11 is 0. The first-order chi connectivity index (χ1) is 14.1. The molecule has 0 bridgehead atoms. The normalized spacial score (nSPS) is 22.8. The lowest BCUT2D eigenvalue weighted by Gasteiger charge is -2.39. The number of rotatable bonds is 5. The summed E-state index contributed by atoms with van der Waals surface area (Å²) in [5.74, 6) is 1.07.